The van der Waals surface area contributed by atoms with Crippen molar-refractivity contribution in [2.45, 2.75) is 32.6 Å². The van der Waals surface area contributed by atoms with Gasteiger partial charge in [-0.25, -0.2) is 14.0 Å². The van der Waals surface area contributed by atoms with Crippen LogP contribution >= 0.6 is 23.2 Å². The van der Waals surface area contributed by atoms with E-state index in [1.54, 1.807) is 36.4 Å². The van der Waals surface area contributed by atoms with Crippen LogP contribution in [0.1, 0.15) is 36.7 Å². The van der Waals surface area contributed by atoms with Crippen molar-refractivity contribution in [3.05, 3.63) is 136 Å². The summed E-state index contributed by atoms with van der Waals surface area (Å²) in [6.45, 7) is 2.21. The molecular formula is C34H30Cl2N4O3S. The van der Waals surface area contributed by atoms with Crippen LogP contribution in [0, 0.1) is 0 Å². The number of hydrogen-bond acceptors (Lipinski definition) is 4. The fourth-order valence-corrected chi connectivity index (χ4v) is 6.76. The molecule has 0 aliphatic carbocycles. The number of aromatic nitrogens is 2. The summed E-state index contributed by atoms with van der Waals surface area (Å²) in [7, 11) is -3.89. The van der Waals surface area contributed by atoms with Crippen LogP contribution in [0.3, 0.4) is 0 Å². The topological polar surface area (TPSA) is 87.5 Å². The molecule has 6 rings (SSSR count). The molecule has 0 fully saturated rings. The van der Waals surface area contributed by atoms with Gasteiger partial charge in [0.15, 0.2) is 0 Å². The zero-order chi connectivity index (χ0) is 30.8. The maximum atomic E-state index is 12.3. The molecule has 0 saturated carbocycles. The molecule has 1 aliphatic heterocycles. The van der Waals surface area contributed by atoms with Gasteiger partial charge in [-0.15, -0.1) is 0 Å². The molecule has 2 heterocycles. The number of aliphatic hydroxyl groups is 1. The van der Waals surface area contributed by atoms with Crippen molar-refractivity contribution in [1.29, 1.82) is 0 Å². The summed E-state index contributed by atoms with van der Waals surface area (Å²) >= 11 is 12.7. The van der Waals surface area contributed by atoms with Crippen LogP contribution in [0.2, 0.25) is 10.0 Å². The van der Waals surface area contributed by atoms with E-state index in [4.69, 9.17) is 28.2 Å². The Hall–Kier alpha value is -4.24. The van der Waals surface area contributed by atoms with Crippen LogP contribution in [-0.4, -0.2) is 23.1 Å². The van der Waals surface area contributed by atoms with Gasteiger partial charge < -0.3 is 9.67 Å². The molecule has 0 saturated heterocycles. The minimum Gasteiger partial charge on any atom is -0.493 e. The second-order valence-corrected chi connectivity index (χ2v) is 13.0. The molecule has 4 aromatic carbocycles. The molecule has 0 spiro atoms. The lowest BCUT2D eigenvalue weighted by atomic mass is 10.00. The second kappa shape index (κ2) is 12.4. The number of rotatable bonds is 9. The molecule has 0 bridgehead atoms. The van der Waals surface area contributed by atoms with E-state index in [1.165, 1.54) is 24.0 Å². The van der Waals surface area contributed by atoms with Crippen molar-refractivity contribution in [2.75, 3.05) is 4.31 Å². The summed E-state index contributed by atoms with van der Waals surface area (Å²) in [5.41, 5.74) is 7.36. The molecule has 1 aliphatic rings. The third-order valence-electron chi connectivity index (χ3n) is 7.52. The van der Waals surface area contributed by atoms with Crippen LogP contribution in [0.4, 0.5) is 5.69 Å². The Balaban J connectivity index is 1.31. The summed E-state index contributed by atoms with van der Waals surface area (Å²) in [5.74, 6) is 0.338. The highest BCUT2D eigenvalue weighted by Gasteiger charge is 2.28. The molecule has 5 aromatic rings. The molecule has 2 N–H and O–H groups in total. The van der Waals surface area contributed by atoms with Gasteiger partial charge in [-0.1, -0.05) is 85.1 Å². The molecule has 0 atom stereocenters. The number of benzene rings is 4. The van der Waals surface area contributed by atoms with E-state index in [0.29, 0.717) is 27.8 Å². The molecule has 0 amide bonds. The Bertz CT molecular complexity index is 1940. The van der Waals surface area contributed by atoms with Crippen molar-refractivity contribution in [2.24, 2.45) is 0 Å². The first kappa shape index (κ1) is 29.8. The van der Waals surface area contributed by atoms with Gasteiger partial charge in [0.2, 0.25) is 5.88 Å². The standard InChI is InChI=1S/C34H30Cl2N4O3S/c1-2-3-4-23-5-9-25(10-6-23)26-11-7-24(8-12-26)19-33-37-32(30-18-13-27(35)20-31(30)36)21-39(33)28-14-16-29(17-15-28)40-22-34(41)38-44(40,42)43/h5-18,20-22,38,41H,2-4,19H2,1H3. The smallest absolute Gasteiger partial charge is 0.330 e. The predicted octanol–water partition coefficient (Wildman–Crippen LogP) is 8.46. The summed E-state index contributed by atoms with van der Waals surface area (Å²) in [4.78, 5) is 4.97. The minimum atomic E-state index is -3.89. The van der Waals surface area contributed by atoms with E-state index in [1.807, 2.05) is 16.8 Å². The van der Waals surface area contributed by atoms with E-state index in [2.05, 4.69) is 60.2 Å². The van der Waals surface area contributed by atoms with Crippen molar-refractivity contribution in [1.82, 2.24) is 14.3 Å². The van der Waals surface area contributed by atoms with Crippen LogP contribution in [0.15, 0.2) is 109 Å². The monoisotopic (exact) mass is 644 g/mol. The second-order valence-electron chi connectivity index (χ2n) is 10.6. The van der Waals surface area contributed by atoms with Crippen molar-refractivity contribution in [3.63, 3.8) is 0 Å². The number of halogens is 2. The van der Waals surface area contributed by atoms with E-state index >= 15 is 0 Å². The number of hydrogen-bond donors (Lipinski definition) is 2. The quantitative estimate of drug-likeness (QED) is 0.168. The third-order valence-corrected chi connectivity index (χ3v) is 9.37. The molecule has 1 aromatic heterocycles. The van der Waals surface area contributed by atoms with Gasteiger partial charge in [0, 0.05) is 28.9 Å². The third kappa shape index (κ3) is 6.33. The maximum absolute atomic E-state index is 12.3. The van der Waals surface area contributed by atoms with Gasteiger partial charge in [-0.05, 0) is 77.6 Å². The van der Waals surface area contributed by atoms with Crippen LogP contribution in [0.5, 0.6) is 0 Å². The van der Waals surface area contributed by atoms with E-state index in [0.717, 1.165) is 45.1 Å². The van der Waals surface area contributed by atoms with Gasteiger partial charge in [0.1, 0.15) is 5.82 Å². The van der Waals surface area contributed by atoms with Gasteiger partial charge in [-0.2, -0.15) is 8.42 Å². The lowest BCUT2D eigenvalue weighted by molar-refractivity contribution is 0.392. The number of imidazole rings is 1. The lowest BCUT2D eigenvalue weighted by Crippen LogP contribution is -2.29. The van der Waals surface area contributed by atoms with Gasteiger partial charge in [0.25, 0.3) is 0 Å². The SMILES string of the molecule is CCCCc1ccc(-c2ccc(Cc3nc(-c4ccc(Cl)cc4Cl)cn3-c3ccc(N4C=C(O)NS4(=O)=O)cc3)cc2)cc1. The number of aliphatic hydroxyl groups excluding tert-OH is 1. The number of nitrogens with zero attached hydrogens (tertiary/aromatic N) is 3. The summed E-state index contributed by atoms with van der Waals surface area (Å²) in [6, 6.07) is 29.5. The summed E-state index contributed by atoms with van der Waals surface area (Å²) in [5, 5.41) is 10.7. The van der Waals surface area contributed by atoms with Crippen molar-refractivity contribution in [3.8, 4) is 28.1 Å². The lowest BCUT2D eigenvalue weighted by Gasteiger charge is -2.15. The van der Waals surface area contributed by atoms with Gasteiger partial charge >= 0.3 is 10.2 Å². The number of unbranched alkanes of at least 4 members (excludes halogenated alkanes) is 1. The average Bonchev–Trinajstić information content (AvgIpc) is 3.55. The number of anilines is 1. The van der Waals surface area contributed by atoms with Crippen LogP contribution < -0.4 is 9.03 Å². The highest BCUT2D eigenvalue weighted by molar-refractivity contribution is 7.91. The van der Waals surface area contributed by atoms with E-state index < -0.39 is 16.1 Å². The summed E-state index contributed by atoms with van der Waals surface area (Å²) in [6.07, 6.45) is 7.06. The largest absolute Gasteiger partial charge is 0.493 e. The first-order valence-electron chi connectivity index (χ1n) is 14.3. The normalized spacial score (nSPS) is 14.0. The van der Waals surface area contributed by atoms with Crippen molar-refractivity contribution >= 4 is 39.1 Å². The van der Waals surface area contributed by atoms with Crippen molar-refractivity contribution < 1.29 is 13.5 Å². The Kier molecular flexibility index (Phi) is 8.40. The van der Waals surface area contributed by atoms with Gasteiger partial charge in [0.05, 0.1) is 22.6 Å². The molecule has 0 radical (unpaired) electrons. The fourth-order valence-electron chi connectivity index (χ4n) is 5.20. The summed E-state index contributed by atoms with van der Waals surface area (Å²) < 4.78 is 29.7. The molecule has 0 unspecified atom stereocenters. The van der Waals surface area contributed by atoms with E-state index in [-0.39, 0.29) is 0 Å². The van der Waals surface area contributed by atoms with Crippen LogP contribution in [-0.2, 0) is 23.1 Å². The first-order chi connectivity index (χ1) is 21.2. The molecular weight excluding hydrogens is 615 g/mol. The van der Waals surface area contributed by atoms with E-state index in [9.17, 15) is 13.5 Å². The Morgan fingerprint density at radius 1 is 0.841 bits per heavy atom. The average molecular weight is 646 g/mol. The first-order valence-corrected chi connectivity index (χ1v) is 16.4. The number of nitrogens with one attached hydrogen (secondary N) is 1. The Morgan fingerprint density at radius 3 is 2.07 bits per heavy atom. The van der Waals surface area contributed by atoms with Crippen LogP contribution in [0.25, 0.3) is 28.1 Å². The molecule has 7 nitrogen and oxygen atoms in total. The molecule has 224 valence electrons. The zero-order valence-electron chi connectivity index (χ0n) is 23.9. The fraction of sp³-hybridized carbons (Fsp3) is 0.147. The highest BCUT2D eigenvalue weighted by Crippen LogP contribution is 2.32. The highest BCUT2D eigenvalue weighted by atomic mass is 35.5. The Labute approximate surface area is 267 Å². The van der Waals surface area contributed by atoms with Gasteiger partial charge in [-0.3, -0.25) is 0 Å². The zero-order valence-corrected chi connectivity index (χ0v) is 26.2. The Morgan fingerprint density at radius 2 is 1.48 bits per heavy atom. The maximum Gasteiger partial charge on any atom is 0.330 e. The molecule has 10 heteroatoms. The molecule has 44 heavy (non-hydrogen) atoms. The minimum absolute atomic E-state index is 0.377. The number of aryl methyl sites for hydroxylation is 1. The predicted molar refractivity (Wildman–Crippen MR) is 178 cm³/mol.